The molecule has 1 aliphatic heterocycles. The van der Waals surface area contributed by atoms with Gasteiger partial charge in [-0.25, -0.2) is 13.2 Å². The Hall–Kier alpha value is -1.75. The molecule has 3 rings (SSSR count). The first kappa shape index (κ1) is 19.0. The number of aromatic carboxylic acids is 1. The quantitative estimate of drug-likeness (QED) is 0.816. The molecule has 0 radical (unpaired) electrons. The summed E-state index contributed by atoms with van der Waals surface area (Å²) in [4.78, 5) is 14.4. The maximum atomic E-state index is 12.8. The molecule has 10 heteroatoms. The average Bonchev–Trinajstić information content (AvgIpc) is 3.12. The van der Waals surface area contributed by atoms with Gasteiger partial charge in [-0.1, -0.05) is 0 Å². The first-order chi connectivity index (χ1) is 12.2. The summed E-state index contributed by atoms with van der Waals surface area (Å²) in [6, 6.07) is 1.73. The number of aromatic nitrogens is 2. The molecule has 0 unspecified atom stereocenters. The van der Waals surface area contributed by atoms with E-state index in [9.17, 15) is 18.3 Å². The second-order valence-corrected chi connectivity index (χ2v) is 9.84. The van der Waals surface area contributed by atoms with Gasteiger partial charge in [0, 0.05) is 44.6 Å². The van der Waals surface area contributed by atoms with Gasteiger partial charge in [-0.2, -0.15) is 9.40 Å². The van der Waals surface area contributed by atoms with E-state index >= 15 is 0 Å². The number of sulfonamides is 1. The Balaban J connectivity index is 1.68. The number of rotatable bonds is 5. The molecule has 0 bridgehead atoms. The largest absolute Gasteiger partial charge is 0.478 e. The van der Waals surface area contributed by atoms with Gasteiger partial charge >= 0.3 is 5.97 Å². The van der Waals surface area contributed by atoms with Gasteiger partial charge in [0.15, 0.2) is 0 Å². The first-order valence-electron chi connectivity index (χ1n) is 8.24. The Labute approximate surface area is 156 Å². The van der Waals surface area contributed by atoms with Crippen molar-refractivity contribution in [3.63, 3.8) is 0 Å². The molecule has 3 heterocycles. The zero-order valence-corrected chi connectivity index (χ0v) is 16.6. The summed E-state index contributed by atoms with van der Waals surface area (Å²) in [5.41, 5.74) is 1.80. The maximum absolute atomic E-state index is 12.8. The summed E-state index contributed by atoms with van der Waals surface area (Å²) in [5, 5.41) is 13.3. The summed E-state index contributed by atoms with van der Waals surface area (Å²) < 4.78 is 29.1. The van der Waals surface area contributed by atoms with Crippen molar-refractivity contribution in [1.82, 2.24) is 19.0 Å². The minimum atomic E-state index is -3.47. The molecule has 0 aliphatic carbocycles. The van der Waals surface area contributed by atoms with Crippen LogP contribution < -0.4 is 0 Å². The maximum Gasteiger partial charge on any atom is 0.339 e. The zero-order chi connectivity index (χ0) is 19.1. The predicted octanol–water partition coefficient (Wildman–Crippen LogP) is 1.30. The van der Waals surface area contributed by atoms with Crippen LogP contribution >= 0.6 is 11.3 Å². The smallest absolute Gasteiger partial charge is 0.339 e. The standard InChI is InChI=1S/C16H22N4O4S2/c1-11-8-15(25-12(11)2)26(23,24)20-6-4-19(5-7-20)10-14-13(16(21)22)9-17-18(14)3/h8-9H,4-7,10H2,1-3H3,(H,21,22). The highest BCUT2D eigenvalue weighted by molar-refractivity contribution is 7.91. The van der Waals surface area contributed by atoms with Crippen LogP contribution in [0.2, 0.25) is 0 Å². The average molecular weight is 399 g/mol. The highest BCUT2D eigenvalue weighted by Crippen LogP contribution is 2.28. The topological polar surface area (TPSA) is 95.7 Å². The molecule has 0 amide bonds. The molecule has 8 nitrogen and oxygen atoms in total. The summed E-state index contributed by atoms with van der Waals surface area (Å²) in [7, 11) is -1.75. The third-order valence-corrected chi connectivity index (χ3v) is 8.23. The van der Waals surface area contributed by atoms with E-state index in [-0.39, 0.29) is 5.56 Å². The minimum absolute atomic E-state index is 0.187. The summed E-state index contributed by atoms with van der Waals surface area (Å²) in [6.45, 7) is 6.14. The van der Waals surface area contributed by atoms with Crippen molar-refractivity contribution in [2.75, 3.05) is 26.2 Å². The van der Waals surface area contributed by atoms with Gasteiger partial charge in [0.2, 0.25) is 0 Å². The summed E-state index contributed by atoms with van der Waals surface area (Å²) >= 11 is 1.31. The van der Waals surface area contributed by atoms with Gasteiger partial charge in [-0.3, -0.25) is 9.58 Å². The number of aryl methyl sites for hydroxylation is 3. The van der Waals surface area contributed by atoms with Crippen LogP contribution in [-0.4, -0.2) is 64.7 Å². The van der Waals surface area contributed by atoms with Crippen molar-refractivity contribution in [3.8, 4) is 0 Å². The van der Waals surface area contributed by atoms with Crippen molar-refractivity contribution >= 4 is 27.3 Å². The number of thiophene rings is 1. The van der Waals surface area contributed by atoms with Crippen molar-refractivity contribution in [3.05, 3.63) is 34.0 Å². The molecular weight excluding hydrogens is 376 g/mol. The van der Waals surface area contributed by atoms with Crippen molar-refractivity contribution < 1.29 is 18.3 Å². The normalized spacial score (nSPS) is 16.9. The van der Waals surface area contributed by atoms with Crippen LogP contribution in [0.4, 0.5) is 0 Å². The molecule has 1 aliphatic rings. The van der Waals surface area contributed by atoms with E-state index in [1.165, 1.54) is 21.8 Å². The van der Waals surface area contributed by atoms with E-state index in [4.69, 9.17) is 0 Å². The van der Waals surface area contributed by atoms with Crippen LogP contribution in [0.3, 0.4) is 0 Å². The summed E-state index contributed by atoms with van der Waals surface area (Å²) in [6.07, 6.45) is 1.35. The van der Waals surface area contributed by atoms with Crippen LogP contribution in [0.1, 0.15) is 26.5 Å². The molecule has 0 saturated carbocycles. The zero-order valence-electron chi connectivity index (χ0n) is 15.0. The van der Waals surface area contributed by atoms with E-state index in [2.05, 4.69) is 10.00 Å². The van der Waals surface area contributed by atoms with Crippen LogP contribution in [0.5, 0.6) is 0 Å². The molecular formula is C16H22N4O4S2. The fourth-order valence-electron chi connectivity index (χ4n) is 2.96. The Kier molecular flexibility index (Phi) is 5.20. The predicted molar refractivity (Wildman–Crippen MR) is 98.0 cm³/mol. The fourth-order valence-corrected chi connectivity index (χ4v) is 6.06. The molecule has 142 valence electrons. The molecule has 2 aromatic heterocycles. The van der Waals surface area contributed by atoms with Gasteiger partial charge in [0.1, 0.15) is 9.77 Å². The number of hydrogen-bond donors (Lipinski definition) is 1. The number of carboxylic acid groups (broad SMARTS) is 1. The molecule has 26 heavy (non-hydrogen) atoms. The Morgan fingerprint density at radius 3 is 2.46 bits per heavy atom. The van der Waals surface area contributed by atoms with E-state index in [1.54, 1.807) is 17.8 Å². The molecule has 0 aromatic carbocycles. The lowest BCUT2D eigenvalue weighted by atomic mass is 10.2. The minimum Gasteiger partial charge on any atom is -0.478 e. The Morgan fingerprint density at radius 2 is 1.92 bits per heavy atom. The SMILES string of the molecule is Cc1cc(S(=O)(=O)N2CCN(Cc3c(C(=O)O)cnn3C)CC2)sc1C. The van der Waals surface area contributed by atoms with Crippen molar-refractivity contribution in [2.45, 2.75) is 24.6 Å². The van der Waals surface area contributed by atoms with Gasteiger partial charge < -0.3 is 5.11 Å². The van der Waals surface area contributed by atoms with E-state index in [0.717, 1.165) is 10.4 Å². The van der Waals surface area contributed by atoms with Gasteiger partial charge in [0.25, 0.3) is 10.0 Å². The van der Waals surface area contributed by atoms with Crippen LogP contribution in [-0.2, 0) is 23.6 Å². The third-order valence-electron chi connectivity index (χ3n) is 4.73. The number of carbonyl (C=O) groups is 1. The molecule has 0 atom stereocenters. The van der Waals surface area contributed by atoms with Crippen molar-refractivity contribution in [2.24, 2.45) is 7.05 Å². The monoisotopic (exact) mass is 398 g/mol. The van der Waals surface area contributed by atoms with Crippen LogP contribution in [0.25, 0.3) is 0 Å². The molecule has 0 spiro atoms. The van der Waals surface area contributed by atoms with Gasteiger partial charge in [-0.15, -0.1) is 11.3 Å². The lowest BCUT2D eigenvalue weighted by molar-refractivity contribution is 0.0693. The molecule has 2 aromatic rings. The number of carboxylic acids is 1. The second kappa shape index (κ2) is 7.10. The van der Waals surface area contributed by atoms with Crippen molar-refractivity contribution in [1.29, 1.82) is 0 Å². The van der Waals surface area contributed by atoms with Crippen LogP contribution in [0.15, 0.2) is 16.5 Å². The van der Waals surface area contributed by atoms with E-state index < -0.39 is 16.0 Å². The van der Waals surface area contributed by atoms with E-state index in [1.807, 2.05) is 13.8 Å². The molecule has 1 fully saturated rings. The van der Waals surface area contributed by atoms with Gasteiger partial charge in [-0.05, 0) is 25.5 Å². The number of hydrogen-bond acceptors (Lipinski definition) is 6. The summed E-state index contributed by atoms with van der Waals surface area (Å²) in [5.74, 6) is -1.00. The fraction of sp³-hybridized carbons (Fsp3) is 0.500. The highest BCUT2D eigenvalue weighted by Gasteiger charge is 2.30. The number of piperazine rings is 1. The Bertz CT molecular complexity index is 905. The number of nitrogens with zero attached hydrogens (tertiary/aromatic N) is 4. The third kappa shape index (κ3) is 3.54. The molecule has 1 N–H and O–H groups in total. The lowest BCUT2D eigenvalue weighted by Gasteiger charge is -2.33. The highest BCUT2D eigenvalue weighted by atomic mass is 32.2. The molecule has 1 saturated heterocycles. The van der Waals surface area contributed by atoms with E-state index in [0.29, 0.717) is 42.6 Å². The van der Waals surface area contributed by atoms with Crippen LogP contribution in [0, 0.1) is 13.8 Å². The van der Waals surface area contributed by atoms with Gasteiger partial charge in [0.05, 0.1) is 11.9 Å². The first-order valence-corrected chi connectivity index (χ1v) is 10.5. The lowest BCUT2D eigenvalue weighted by Crippen LogP contribution is -2.48. The Morgan fingerprint density at radius 1 is 1.27 bits per heavy atom. The second-order valence-electron chi connectivity index (χ2n) is 6.42.